The van der Waals surface area contributed by atoms with E-state index in [4.69, 9.17) is 0 Å². The number of nitrogens with zero attached hydrogens (tertiary/aromatic N) is 4. The van der Waals surface area contributed by atoms with E-state index < -0.39 is 8.37 Å². The summed E-state index contributed by atoms with van der Waals surface area (Å²) in [5.74, 6) is 0. The van der Waals surface area contributed by atoms with Crippen LogP contribution in [-0.4, -0.2) is 58.2 Å². The zero-order valence-electron chi connectivity index (χ0n) is 12.9. The van der Waals surface area contributed by atoms with Crippen molar-refractivity contribution in [3.05, 3.63) is 36.8 Å². The van der Waals surface area contributed by atoms with Gasteiger partial charge in [0.1, 0.15) is 0 Å². The highest BCUT2D eigenvalue weighted by Crippen LogP contribution is 2.50. The molecule has 20 heavy (non-hydrogen) atoms. The molecule has 0 spiro atoms. The second kappa shape index (κ2) is 7.70. The molecule has 0 N–H and O–H groups in total. The lowest BCUT2D eigenvalue weighted by atomic mass is 10.4. The van der Waals surface area contributed by atoms with Crippen LogP contribution in [0.1, 0.15) is 20.8 Å². The number of hydrogen-bond acceptors (Lipinski definition) is 4. The van der Waals surface area contributed by atoms with Crippen molar-refractivity contribution in [1.82, 2.24) is 18.9 Å². The maximum absolute atomic E-state index is 2.58. The van der Waals surface area contributed by atoms with E-state index in [0.717, 1.165) is 19.6 Å². The summed E-state index contributed by atoms with van der Waals surface area (Å²) in [6, 6.07) is 0. The summed E-state index contributed by atoms with van der Waals surface area (Å²) < 4.78 is 7.54. The van der Waals surface area contributed by atoms with Crippen molar-refractivity contribution in [3.8, 4) is 0 Å². The largest absolute Gasteiger partial charge is 0.322 e. The van der Waals surface area contributed by atoms with E-state index in [1.807, 2.05) is 0 Å². The van der Waals surface area contributed by atoms with Crippen LogP contribution in [0.15, 0.2) is 36.8 Å². The number of allylic oxidation sites excluding steroid dienone is 3. The van der Waals surface area contributed by atoms with Crippen molar-refractivity contribution in [1.29, 1.82) is 0 Å². The van der Waals surface area contributed by atoms with Crippen LogP contribution >= 0.6 is 8.37 Å². The zero-order valence-corrected chi connectivity index (χ0v) is 13.8. The molecule has 3 aliphatic rings. The third-order valence-corrected chi connectivity index (χ3v) is 5.97. The molecule has 0 radical (unpaired) electrons. The average Bonchev–Trinajstić information content (AvgIpc) is 2.40. The molecular weight excluding hydrogens is 267 g/mol. The van der Waals surface area contributed by atoms with Crippen LogP contribution in [0, 0.1) is 0 Å². The van der Waals surface area contributed by atoms with Gasteiger partial charge >= 0.3 is 0 Å². The summed E-state index contributed by atoms with van der Waals surface area (Å²) in [5, 5.41) is 0. The van der Waals surface area contributed by atoms with E-state index >= 15 is 0 Å². The molecule has 0 atom stereocenters. The number of rotatable bonds is 3. The van der Waals surface area contributed by atoms with E-state index in [2.05, 4.69) is 76.5 Å². The smallest absolute Gasteiger partial charge is 0.207 e. The molecule has 0 amide bonds. The van der Waals surface area contributed by atoms with Crippen molar-refractivity contribution in [3.63, 3.8) is 0 Å². The van der Waals surface area contributed by atoms with Crippen molar-refractivity contribution in [2.24, 2.45) is 0 Å². The van der Waals surface area contributed by atoms with Crippen molar-refractivity contribution < 1.29 is 0 Å². The molecule has 0 unspecified atom stereocenters. The first-order chi connectivity index (χ1) is 9.80. The first-order valence-electron chi connectivity index (χ1n) is 7.50. The minimum Gasteiger partial charge on any atom is -0.322 e. The fourth-order valence-electron chi connectivity index (χ4n) is 2.70. The molecule has 2 bridgehead atoms. The van der Waals surface area contributed by atoms with E-state index in [0.29, 0.717) is 0 Å². The summed E-state index contributed by atoms with van der Waals surface area (Å²) in [6.07, 6.45) is 13.2. The SMILES string of the molecule is C/C=C/N1CCN2CCN(/C=C/C)P1N(/C=C/C)CC2. The summed E-state index contributed by atoms with van der Waals surface area (Å²) in [7, 11) is -0.473. The van der Waals surface area contributed by atoms with Gasteiger partial charge in [0, 0.05) is 57.9 Å². The van der Waals surface area contributed by atoms with Crippen LogP contribution in [0.3, 0.4) is 0 Å². The first kappa shape index (κ1) is 15.4. The van der Waals surface area contributed by atoms with E-state index in [1.165, 1.54) is 19.6 Å². The third-order valence-electron chi connectivity index (χ3n) is 3.59. The Kier molecular flexibility index (Phi) is 5.93. The fraction of sp³-hybridized carbons (Fsp3) is 0.600. The van der Waals surface area contributed by atoms with Crippen molar-refractivity contribution in [2.75, 3.05) is 39.3 Å². The lowest BCUT2D eigenvalue weighted by Gasteiger charge is -2.49. The Balaban J connectivity index is 2.35. The van der Waals surface area contributed by atoms with Crippen LogP contribution in [0.2, 0.25) is 0 Å². The number of fused-ring (bicyclic) bond motifs is 6. The van der Waals surface area contributed by atoms with Crippen LogP contribution in [0.5, 0.6) is 0 Å². The van der Waals surface area contributed by atoms with Gasteiger partial charge in [0.2, 0.25) is 8.37 Å². The van der Waals surface area contributed by atoms with Gasteiger partial charge in [-0.15, -0.1) is 0 Å². The van der Waals surface area contributed by atoms with Gasteiger partial charge in [-0.1, -0.05) is 18.2 Å². The molecule has 112 valence electrons. The molecule has 3 aliphatic heterocycles. The topological polar surface area (TPSA) is 13.0 Å². The Morgan fingerprint density at radius 2 is 0.950 bits per heavy atom. The Bertz CT molecular complexity index is 323. The molecule has 4 nitrogen and oxygen atoms in total. The zero-order chi connectivity index (χ0) is 14.4. The average molecular weight is 294 g/mol. The van der Waals surface area contributed by atoms with Gasteiger partial charge in [0.15, 0.2) is 0 Å². The van der Waals surface area contributed by atoms with Crippen LogP contribution in [0.4, 0.5) is 0 Å². The van der Waals surface area contributed by atoms with Crippen LogP contribution in [0.25, 0.3) is 0 Å². The van der Waals surface area contributed by atoms with E-state index in [9.17, 15) is 0 Å². The van der Waals surface area contributed by atoms with Gasteiger partial charge in [0.25, 0.3) is 0 Å². The van der Waals surface area contributed by atoms with E-state index in [1.54, 1.807) is 0 Å². The predicted octanol–water partition coefficient (Wildman–Crippen LogP) is 3.05. The van der Waals surface area contributed by atoms with Gasteiger partial charge < -0.3 is 14.0 Å². The molecular formula is C15H27N4P. The summed E-state index contributed by atoms with van der Waals surface area (Å²) >= 11 is 0. The van der Waals surface area contributed by atoms with Gasteiger partial charge in [-0.3, -0.25) is 4.90 Å². The van der Waals surface area contributed by atoms with E-state index in [-0.39, 0.29) is 0 Å². The van der Waals surface area contributed by atoms with Crippen molar-refractivity contribution in [2.45, 2.75) is 20.8 Å². The van der Waals surface area contributed by atoms with Crippen LogP contribution < -0.4 is 0 Å². The molecule has 3 rings (SSSR count). The van der Waals surface area contributed by atoms with Gasteiger partial charge in [-0.05, 0) is 20.8 Å². The summed E-state index contributed by atoms with van der Waals surface area (Å²) in [6.45, 7) is 13.2. The molecule has 0 aromatic rings. The molecule has 5 heteroatoms. The number of hydrogen-bond donors (Lipinski definition) is 0. The maximum atomic E-state index is 2.58. The molecule has 3 fully saturated rings. The van der Waals surface area contributed by atoms with Crippen LogP contribution in [-0.2, 0) is 0 Å². The molecule has 3 heterocycles. The minimum absolute atomic E-state index is 0.473. The quantitative estimate of drug-likeness (QED) is 0.742. The Morgan fingerprint density at radius 1 is 0.600 bits per heavy atom. The molecule has 0 aliphatic carbocycles. The fourth-order valence-corrected chi connectivity index (χ4v) is 5.14. The normalized spacial score (nSPS) is 28.6. The lowest BCUT2D eigenvalue weighted by molar-refractivity contribution is 0.205. The molecule has 3 saturated heterocycles. The second-order valence-corrected chi connectivity index (χ2v) is 7.12. The third kappa shape index (κ3) is 3.56. The molecule has 0 saturated carbocycles. The summed E-state index contributed by atoms with van der Waals surface area (Å²) in [5.41, 5.74) is 0. The van der Waals surface area contributed by atoms with Gasteiger partial charge in [-0.2, -0.15) is 0 Å². The minimum atomic E-state index is -0.473. The highest BCUT2D eigenvalue weighted by Gasteiger charge is 2.32. The second-order valence-electron chi connectivity index (χ2n) is 5.05. The maximum Gasteiger partial charge on any atom is 0.207 e. The lowest BCUT2D eigenvalue weighted by Crippen LogP contribution is -2.48. The highest BCUT2D eigenvalue weighted by atomic mass is 31.2. The van der Waals surface area contributed by atoms with Crippen molar-refractivity contribution >= 4 is 8.37 Å². The monoisotopic (exact) mass is 294 g/mol. The highest BCUT2D eigenvalue weighted by molar-refractivity contribution is 7.50. The van der Waals surface area contributed by atoms with Gasteiger partial charge in [-0.25, -0.2) is 0 Å². The predicted molar refractivity (Wildman–Crippen MR) is 87.9 cm³/mol. The molecule has 0 aromatic heterocycles. The summed E-state index contributed by atoms with van der Waals surface area (Å²) in [4.78, 5) is 2.58. The first-order valence-corrected chi connectivity index (χ1v) is 8.70. The Hall–Kier alpha value is -0.990. The Morgan fingerprint density at radius 3 is 1.25 bits per heavy atom. The Labute approximate surface area is 124 Å². The standard InChI is InChI=1S/C15H27N4P/c1-4-7-17-13-10-16-11-14-18(8-5-2)20(17)19(9-6-3)15-12-16/h4-9H,10-15H2,1-3H3/b7-4+,8-5+,9-6+. The van der Waals surface area contributed by atoms with Gasteiger partial charge in [0.05, 0.1) is 0 Å². The molecule has 0 aromatic carbocycles.